The first kappa shape index (κ1) is 17.7. The van der Waals surface area contributed by atoms with Gasteiger partial charge in [-0.15, -0.1) is 0 Å². The van der Waals surface area contributed by atoms with E-state index in [4.69, 9.17) is 21.4 Å². The number of ether oxygens (including phenoxy) is 1. The van der Waals surface area contributed by atoms with Gasteiger partial charge in [0.1, 0.15) is 5.75 Å². The van der Waals surface area contributed by atoms with Gasteiger partial charge in [0.15, 0.2) is 0 Å². The van der Waals surface area contributed by atoms with Crippen molar-refractivity contribution in [1.29, 1.82) is 0 Å². The molecule has 0 radical (unpaired) electrons. The number of hydrogen-bond donors (Lipinski definition) is 0. The van der Waals surface area contributed by atoms with E-state index in [1.165, 1.54) is 12.1 Å². The summed E-state index contributed by atoms with van der Waals surface area (Å²) in [5, 5.41) is 18.5. The van der Waals surface area contributed by atoms with Gasteiger partial charge in [0.2, 0.25) is 6.23 Å². The Bertz CT molecular complexity index is 1110. The van der Waals surface area contributed by atoms with Crippen LogP contribution in [-0.4, -0.2) is 15.6 Å². The van der Waals surface area contributed by atoms with E-state index in [2.05, 4.69) is 6.07 Å². The third kappa shape index (κ3) is 3.11. The maximum absolute atomic E-state index is 11.0. The van der Waals surface area contributed by atoms with Crippen LogP contribution >= 0.6 is 11.6 Å². The molecule has 0 aromatic heterocycles. The van der Waals surface area contributed by atoms with Crippen molar-refractivity contribution in [2.24, 2.45) is 5.10 Å². The average molecular weight is 406 g/mol. The van der Waals surface area contributed by atoms with Crippen molar-refractivity contribution in [2.75, 3.05) is 0 Å². The highest BCUT2D eigenvalue weighted by Crippen LogP contribution is 2.47. The lowest BCUT2D eigenvalue weighted by molar-refractivity contribution is -0.384. The molecule has 144 valence electrons. The molecular formula is C22H16ClN3O3. The van der Waals surface area contributed by atoms with Crippen LogP contribution in [0, 0.1) is 10.1 Å². The molecule has 0 unspecified atom stereocenters. The van der Waals surface area contributed by atoms with Gasteiger partial charge in [0.25, 0.3) is 5.69 Å². The Kier molecular flexibility index (Phi) is 4.21. The van der Waals surface area contributed by atoms with Gasteiger partial charge in [-0.1, -0.05) is 41.9 Å². The van der Waals surface area contributed by atoms with Gasteiger partial charge in [-0.2, -0.15) is 5.10 Å². The van der Waals surface area contributed by atoms with E-state index in [1.54, 1.807) is 12.1 Å². The van der Waals surface area contributed by atoms with Gasteiger partial charge < -0.3 is 4.74 Å². The van der Waals surface area contributed by atoms with Gasteiger partial charge in [0, 0.05) is 34.7 Å². The molecular weight excluding hydrogens is 390 g/mol. The van der Waals surface area contributed by atoms with E-state index >= 15 is 0 Å². The molecule has 0 bridgehead atoms. The Morgan fingerprint density at radius 2 is 1.76 bits per heavy atom. The molecule has 0 aliphatic carbocycles. The molecule has 29 heavy (non-hydrogen) atoms. The van der Waals surface area contributed by atoms with Crippen molar-refractivity contribution >= 4 is 23.0 Å². The van der Waals surface area contributed by atoms with Crippen molar-refractivity contribution < 1.29 is 9.66 Å². The second kappa shape index (κ2) is 6.90. The van der Waals surface area contributed by atoms with Crippen molar-refractivity contribution in [1.82, 2.24) is 5.01 Å². The minimum Gasteiger partial charge on any atom is -0.464 e. The first-order valence-electron chi connectivity index (χ1n) is 9.22. The van der Waals surface area contributed by atoms with Crippen molar-refractivity contribution in [3.63, 3.8) is 0 Å². The van der Waals surface area contributed by atoms with E-state index in [0.717, 1.165) is 34.6 Å². The lowest BCUT2D eigenvalue weighted by atomic mass is 9.96. The minimum absolute atomic E-state index is 0.0332. The summed E-state index contributed by atoms with van der Waals surface area (Å²) < 4.78 is 6.26. The van der Waals surface area contributed by atoms with Crippen LogP contribution in [0.1, 0.15) is 35.4 Å². The molecule has 0 N–H and O–H groups in total. The first-order valence-corrected chi connectivity index (χ1v) is 9.59. The maximum atomic E-state index is 11.0. The second-order valence-electron chi connectivity index (χ2n) is 7.01. The van der Waals surface area contributed by atoms with E-state index in [-0.39, 0.29) is 11.7 Å². The van der Waals surface area contributed by atoms with Crippen LogP contribution < -0.4 is 4.74 Å². The van der Waals surface area contributed by atoms with Crippen LogP contribution in [0.5, 0.6) is 5.75 Å². The summed E-state index contributed by atoms with van der Waals surface area (Å²) in [5.41, 5.74) is 3.92. The summed E-state index contributed by atoms with van der Waals surface area (Å²) in [4.78, 5) is 10.6. The van der Waals surface area contributed by atoms with Crippen LogP contribution in [0.3, 0.4) is 0 Å². The number of hydrogen-bond acceptors (Lipinski definition) is 5. The number of nitro groups is 1. The minimum atomic E-state index is -0.458. The van der Waals surface area contributed by atoms with Gasteiger partial charge in [-0.05, 0) is 35.9 Å². The van der Waals surface area contributed by atoms with Crippen LogP contribution in [0.2, 0.25) is 5.02 Å². The van der Waals surface area contributed by atoms with Crippen LogP contribution in [0.4, 0.5) is 5.69 Å². The molecule has 2 atom stereocenters. The zero-order valence-electron chi connectivity index (χ0n) is 15.2. The number of benzene rings is 3. The number of hydrazone groups is 1. The van der Waals surface area contributed by atoms with E-state index in [9.17, 15) is 10.1 Å². The molecule has 0 saturated carbocycles. The fraction of sp³-hybridized carbons (Fsp3) is 0.136. The molecule has 3 aromatic rings. The van der Waals surface area contributed by atoms with Crippen molar-refractivity contribution in [3.8, 4) is 5.75 Å². The Labute approximate surface area is 172 Å². The highest BCUT2D eigenvalue weighted by Gasteiger charge is 2.40. The molecule has 2 heterocycles. The number of non-ortho nitro benzene ring substituents is 1. The fourth-order valence-corrected chi connectivity index (χ4v) is 3.96. The van der Waals surface area contributed by atoms with Gasteiger partial charge in [-0.3, -0.25) is 10.1 Å². The molecule has 5 rings (SSSR count). The third-order valence-electron chi connectivity index (χ3n) is 5.27. The van der Waals surface area contributed by atoms with Gasteiger partial charge >= 0.3 is 0 Å². The predicted molar refractivity (Wildman–Crippen MR) is 110 cm³/mol. The Hall–Kier alpha value is -3.38. The highest BCUT2D eigenvalue weighted by atomic mass is 35.5. The smallest absolute Gasteiger partial charge is 0.269 e. The molecule has 2 aliphatic rings. The van der Waals surface area contributed by atoms with Crippen LogP contribution in [-0.2, 0) is 0 Å². The zero-order valence-corrected chi connectivity index (χ0v) is 16.0. The quantitative estimate of drug-likeness (QED) is 0.426. The lowest BCUT2D eigenvalue weighted by Gasteiger charge is -2.38. The third-order valence-corrected chi connectivity index (χ3v) is 5.52. The average Bonchev–Trinajstić information content (AvgIpc) is 3.19. The molecule has 0 fully saturated rings. The first-order chi connectivity index (χ1) is 14.1. The number of halogens is 1. The van der Waals surface area contributed by atoms with Gasteiger partial charge in [0.05, 0.1) is 16.7 Å². The predicted octanol–water partition coefficient (Wildman–Crippen LogP) is 5.49. The number of rotatable bonds is 3. The standard InChI is InChI=1S/C22H16ClN3O3/c23-16-9-5-14(6-10-16)19-13-20-18-3-1-2-4-21(18)29-22(25(20)24-19)15-7-11-17(12-8-15)26(27)28/h1-12,20,22H,13H2/t20-,22-/m1/s1. The largest absolute Gasteiger partial charge is 0.464 e. The van der Waals surface area contributed by atoms with Gasteiger partial charge in [-0.25, -0.2) is 5.01 Å². The van der Waals surface area contributed by atoms with Crippen molar-refractivity contribution in [3.05, 3.63) is 105 Å². The SMILES string of the molecule is O=[N+]([O-])c1ccc([C@H]2Oc3ccccc3[C@H]3CC(c4ccc(Cl)cc4)=NN32)cc1. The summed E-state index contributed by atoms with van der Waals surface area (Å²) >= 11 is 6.03. The topological polar surface area (TPSA) is 68.0 Å². The summed E-state index contributed by atoms with van der Waals surface area (Å²) in [6, 6.07) is 22.1. The zero-order chi connectivity index (χ0) is 20.0. The molecule has 0 saturated heterocycles. The number of fused-ring (bicyclic) bond motifs is 3. The fourth-order valence-electron chi connectivity index (χ4n) is 3.83. The molecule has 3 aromatic carbocycles. The monoisotopic (exact) mass is 405 g/mol. The maximum Gasteiger partial charge on any atom is 0.269 e. The molecule has 2 aliphatic heterocycles. The van der Waals surface area contributed by atoms with E-state index in [0.29, 0.717) is 5.02 Å². The Balaban J connectivity index is 1.56. The molecule has 0 amide bonds. The summed E-state index contributed by atoms with van der Waals surface area (Å²) in [6.45, 7) is 0. The Morgan fingerprint density at radius 1 is 1.03 bits per heavy atom. The Morgan fingerprint density at radius 3 is 2.48 bits per heavy atom. The summed E-state index contributed by atoms with van der Waals surface area (Å²) in [7, 11) is 0. The molecule has 7 heteroatoms. The number of nitrogens with zero attached hydrogens (tertiary/aromatic N) is 3. The van der Waals surface area contributed by atoms with E-state index in [1.807, 2.05) is 47.5 Å². The normalized spacial score (nSPS) is 19.8. The second-order valence-corrected chi connectivity index (χ2v) is 7.45. The molecule has 0 spiro atoms. The van der Waals surface area contributed by atoms with E-state index < -0.39 is 11.2 Å². The van der Waals surface area contributed by atoms with Crippen LogP contribution in [0.25, 0.3) is 0 Å². The number of para-hydroxylation sites is 1. The highest BCUT2D eigenvalue weighted by molar-refractivity contribution is 6.30. The lowest BCUT2D eigenvalue weighted by Crippen LogP contribution is -2.33. The van der Waals surface area contributed by atoms with Crippen LogP contribution in [0.15, 0.2) is 77.9 Å². The number of nitro benzene ring substituents is 1. The summed E-state index contributed by atoms with van der Waals surface area (Å²) in [6.07, 6.45) is 0.284. The van der Waals surface area contributed by atoms with Crippen molar-refractivity contribution in [2.45, 2.75) is 18.7 Å². The molecule has 6 nitrogen and oxygen atoms in total. The summed E-state index contributed by atoms with van der Waals surface area (Å²) in [5.74, 6) is 0.810.